The number of nitrogens with zero attached hydrogens (tertiary/aromatic N) is 3. The number of nitrogen functional groups attached to an aromatic ring is 1. The largest absolute Gasteiger partial charge is 0.464 e. The van der Waals surface area contributed by atoms with Crippen molar-refractivity contribution in [3.8, 4) is 22.6 Å². The van der Waals surface area contributed by atoms with Crippen LogP contribution in [0.15, 0.2) is 67.1 Å². The minimum Gasteiger partial charge on any atom is -0.464 e. The quantitative estimate of drug-likeness (QED) is 0.386. The second-order valence-electron chi connectivity index (χ2n) is 9.22. The molecular formula is C27H29N5O3. The first-order valence-electron chi connectivity index (χ1n) is 11.8. The number of esters is 1. The average Bonchev–Trinajstić information content (AvgIpc) is 3.25. The Morgan fingerprint density at radius 3 is 2.43 bits per heavy atom. The molecule has 0 aliphatic heterocycles. The molecule has 2 aromatic heterocycles. The van der Waals surface area contributed by atoms with E-state index in [-0.39, 0.29) is 18.6 Å². The lowest BCUT2D eigenvalue weighted by Crippen LogP contribution is -2.48. The molecule has 1 aliphatic rings. The number of para-hydroxylation sites is 1. The third kappa shape index (κ3) is 4.83. The summed E-state index contributed by atoms with van der Waals surface area (Å²) in [6.07, 6.45) is 6.84. The number of hydrogen-bond donors (Lipinski definition) is 2. The van der Waals surface area contributed by atoms with Crippen molar-refractivity contribution in [2.24, 2.45) is 5.73 Å². The summed E-state index contributed by atoms with van der Waals surface area (Å²) in [5, 5.41) is 0.841. The predicted molar refractivity (Wildman–Crippen MR) is 135 cm³/mol. The van der Waals surface area contributed by atoms with Crippen molar-refractivity contribution < 1.29 is 14.3 Å². The number of rotatable bonds is 6. The summed E-state index contributed by atoms with van der Waals surface area (Å²) in [5.74, 6) is 1.70. The maximum atomic E-state index is 11.2. The van der Waals surface area contributed by atoms with E-state index < -0.39 is 5.54 Å². The monoisotopic (exact) mass is 471 g/mol. The molecule has 0 saturated heterocycles. The van der Waals surface area contributed by atoms with Crippen LogP contribution in [0.3, 0.4) is 0 Å². The Balaban J connectivity index is 1.41. The SMILES string of the molecule is CC(=O)OCC1(N)CCC(n2cc(-c3ccc(Oc4ccccc4)cc3)c3c(N)ncnc32)CC1. The molecule has 0 amide bonds. The molecule has 1 saturated carbocycles. The average molecular weight is 472 g/mol. The summed E-state index contributed by atoms with van der Waals surface area (Å²) in [6, 6.07) is 17.8. The number of carbonyl (C=O) groups is 1. The molecule has 5 rings (SSSR count). The van der Waals surface area contributed by atoms with Crippen molar-refractivity contribution in [1.82, 2.24) is 14.5 Å². The van der Waals surface area contributed by atoms with Crippen LogP contribution in [0.5, 0.6) is 11.5 Å². The van der Waals surface area contributed by atoms with Crippen LogP contribution in [-0.4, -0.2) is 32.7 Å². The molecule has 4 N–H and O–H groups in total. The number of benzene rings is 2. The van der Waals surface area contributed by atoms with Crippen LogP contribution in [0.2, 0.25) is 0 Å². The first-order chi connectivity index (χ1) is 16.9. The molecule has 2 aromatic carbocycles. The van der Waals surface area contributed by atoms with Gasteiger partial charge in [-0.25, -0.2) is 9.97 Å². The van der Waals surface area contributed by atoms with Gasteiger partial charge in [-0.15, -0.1) is 0 Å². The first kappa shape index (κ1) is 22.9. The van der Waals surface area contributed by atoms with Crippen LogP contribution >= 0.6 is 0 Å². The lowest BCUT2D eigenvalue weighted by Gasteiger charge is -2.37. The molecular weight excluding hydrogens is 442 g/mol. The molecule has 4 aromatic rings. The normalized spacial score (nSPS) is 20.0. The maximum absolute atomic E-state index is 11.2. The van der Waals surface area contributed by atoms with Crippen molar-refractivity contribution in [1.29, 1.82) is 0 Å². The van der Waals surface area contributed by atoms with Gasteiger partial charge in [0.2, 0.25) is 0 Å². The Morgan fingerprint density at radius 2 is 1.74 bits per heavy atom. The summed E-state index contributed by atoms with van der Waals surface area (Å²) in [5.41, 5.74) is 15.1. The standard InChI is InChI=1S/C27H29N5O3/c1-18(33)34-16-27(29)13-11-20(12-14-27)32-15-23(24-25(28)30-17-31-26(24)32)19-7-9-22(10-8-19)35-21-5-3-2-4-6-21/h2-10,15,17,20H,11-14,16,29H2,1H3,(H2,28,30,31). The summed E-state index contributed by atoms with van der Waals surface area (Å²) in [7, 11) is 0. The Morgan fingerprint density at radius 1 is 1.06 bits per heavy atom. The summed E-state index contributed by atoms with van der Waals surface area (Å²) in [6.45, 7) is 1.66. The molecule has 8 nitrogen and oxygen atoms in total. The molecule has 0 spiro atoms. The third-order valence-electron chi connectivity index (χ3n) is 6.69. The van der Waals surface area contributed by atoms with Gasteiger partial charge in [0, 0.05) is 24.7 Å². The fraction of sp³-hybridized carbons (Fsp3) is 0.296. The molecule has 8 heteroatoms. The highest BCUT2D eigenvalue weighted by atomic mass is 16.5. The lowest BCUT2D eigenvalue weighted by atomic mass is 9.80. The number of ether oxygens (including phenoxy) is 2. The number of anilines is 1. The van der Waals surface area contributed by atoms with Gasteiger partial charge in [-0.3, -0.25) is 4.79 Å². The predicted octanol–water partition coefficient (Wildman–Crippen LogP) is 4.85. The second-order valence-corrected chi connectivity index (χ2v) is 9.22. The number of aromatic nitrogens is 3. The van der Waals surface area contributed by atoms with Crippen LogP contribution < -0.4 is 16.2 Å². The minimum atomic E-state index is -0.490. The molecule has 180 valence electrons. The van der Waals surface area contributed by atoms with E-state index in [0.29, 0.717) is 5.82 Å². The highest BCUT2D eigenvalue weighted by Crippen LogP contribution is 2.40. The van der Waals surface area contributed by atoms with Crippen LogP contribution in [0.1, 0.15) is 38.6 Å². The fourth-order valence-electron chi connectivity index (χ4n) is 4.78. The molecule has 0 radical (unpaired) electrons. The number of nitrogens with two attached hydrogens (primary N) is 2. The van der Waals surface area contributed by atoms with E-state index in [2.05, 4.69) is 20.7 Å². The molecule has 0 atom stereocenters. The van der Waals surface area contributed by atoms with Gasteiger partial charge in [0.05, 0.1) is 10.9 Å². The van der Waals surface area contributed by atoms with Gasteiger partial charge in [-0.2, -0.15) is 0 Å². The van der Waals surface area contributed by atoms with Gasteiger partial charge in [0.15, 0.2) is 0 Å². The Bertz CT molecular complexity index is 1330. The smallest absolute Gasteiger partial charge is 0.302 e. The lowest BCUT2D eigenvalue weighted by molar-refractivity contribution is -0.143. The van der Waals surface area contributed by atoms with Crippen molar-refractivity contribution >= 4 is 22.8 Å². The highest BCUT2D eigenvalue weighted by Gasteiger charge is 2.34. The molecule has 0 unspecified atom stereocenters. The number of fused-ring (bicyclic) bond motifs is 1. The van der Waals surface area contributed by atoms with Crippen molar-refractivity contribution in [3.05, 3.63) is 67.1 Å². The number of carbonyl (C=O) groups excluding carboxylic acids is 1. The Labute approximate surface area is 203 Å². The van der Waals surface area contributed by atoms with Crippen molar-refractivity contribution in [2.75, 3.05) is 12.3 Å². The van der Waals surface area contributed by atoms with Gasteiger partial charge in [0.1, 0.15) is 35.9 Å². The fourth-order valence-corrected chi connectivity index (χ4v) is 4.78. The summed E-state index contributed by atoms with van der Waals surface area (Å²) >= 11 is 0. The van der Waals surface area contributed by atoms with Crippen LogP contribution in [-0.2, 0) is 9.53 Å². The second kappa shape index (κ2) is 9.38. The van der Waals surface area contributed by atoms with E-state index >= 15 is 0 Å². The topological polar surface area (TPSA) is 118 Å². The Kier molecular flexibility index (Phi) is 6.13. The molecule has 35 heavy (non-hydrogen) atoms. The van der Waals surface area contributed by atoms with Crippen LogP contribution in [0.4, 0.5) is 5.82 Å². The van der Waals surface area contributed by atoms with E-state index in [9.17, 15) is 4.79 Å². The molecule has 2 heterocycles. The van der Waals surface area contributed by atoms with Gasteiger partial charge >= 0.3 is 5.97 Å². The van der Waals surface area contributed by atoms with E-state index in [1.54, 1.807) is 0 Å². The zero-order chi connectivity index (χ0) is 24.4. The van der Waals surface area contributed by atoms with Gasteiger partial charge in [0.25, 0.3) is 0 Å². The van der Waals surface area contributed by atoms with Crippen LogP contribution in [0.25, 0.3) is 22.2 Å². The number of hydrogen-bond acceptors (Lipinski definition) is 7. The molecule has 1 fully saturated rings. The van der Waals surface area contributed by atoms with E-state index in [4.69, 9.17) is 20.9 Å². The molecule has 1 aliphatic carbocycles. The van der Waals surface area contributed by atoms with Gasteiger partial charge in [-0.05, 0) is 55.5 Å². The van der Waals surface area contributed by atoms with Gasteiger partial charge in [-0.1, -0.05) is 30.3 Å². The van der Waals surface area contributed by atoms with E-state index in [1.165, 1.54) is 13.3 Å². The van der Waals surface area contributed by atoms with E-state index in [1.807, 2.05) is 54.6 Å². The van der Waals surface area contributed by atoms with Crippen molar-refractivity contribution in [2.45, 2.75) is 44.2 Å². The Hall–Kier alpha value is -3.91. The summed E-state index contributed by atoms with van der Waals surface area (Å²) in [4.78, 5) is 20.1. The maximum Gasteiger partial charge on any atom is 0.302 e. The summed E-state index contributed by atoms with van der Waals surface area (Å²) < 4.78 is 13.3. The molecule has 0 bridgehead atoms. The third-order valence-corrected chi connectivity index (χ3v) is 6.69. The van der Waals surface area contributed by atoms with Crippen molar-refractivity contribution in [3.63, 3.8) is 0 Å². The zero-order valence-corrected chi connectivity index (χ0v) is 19.7. The zero-order valence-electron chi connectivity index (χ0n) is 19.7. The van der Waals surface area contributed by atoms with Crippen LogP contribution in [0, 0.1) is 0 Å². The minimum absolute atomic E-state index is 0.218. The first-order valence-corrected chi connectivity index (χ1v) is 11.8. The van der Waals surface area contributed by atoms with E-state index in [0.717, 1.165) is 59.3 Å². The highest BCUT2D eigenvalue weighted by molar-refractivity contribution is 6.00. The van der Waals surface area contributed by atoms with Gasteiger partial charge < -0.3 is 25.5 Å².